The second kappa shape index (κ2) is 6.84. The lowest BCUT2D eigenvalue weighted by Gasteiger charge is -2.24. The highest BCUT2D eigenvalue weighted by atomic mass is 32.2. The van der Waals surface area contributed by atoms with Gasteiger partial charge < -0.3 is 0 Å². The molecule has 1 aliphatic rings. The summed E-state index contributed by atoms with van der Waals surface area (Å²) in [4.78, 5) is 19.1. The quantitative estimate of drug-likeness (QED) is 0.850. The summed E-state index contributed by atoms with van der Waals surface area (Å²) in [6, 6.07) is 7.93. The summed E-state index contributed by atoms with van der Waals surface area (Å²) in [6.45, 7) is 2.98. The molecule has 2 atom stereocenters. The number of pyridine rings is 1. The molecule has 0 unspecified atom stereocenters. The fourth-order valence-corrected chi connectivity index (χ4v) is 4.41. The van der Waals surface area contributed by atoms with Crippen LogP contribution in [-0.2, 0) is 6.54 Å². The fraction of sp³-hybridized carbons (Fsp3) is 0.529. The summed E-state index contributed by atoms with van der Waals surface area (Å²) in [5.74, 6) is 1.20. The smallest absolute Gasteiger partial charge is 0.258 e. The van der Waals surface area contributed by atoms with E-state index in [1.807, 2.05) is 18.2 Å². The topological polar surface area (TPSA) is 37.6 Å². The molecule has 0 aromatic carbocycles. The van der Waals surface area contributed by atoms with E-state index in [0.717, 1.165) is 23.1 Å². The van der Waals surface area contributed by atoms with Crippen molar-refractivity contribution < 1.29 is 0 Å². The molecule has 0 aliphatic heterocycles. The van der Waals surface area contributed by atoms with E-state index in [1.165, 1.54) is 25.0 Å². The van der Waals surface area contributed by atoms with Gasteiger partial charge in [-0.05, 0) is 44.2 Å². The van der Waals surface area contributed by atoms with Crippen molar-refractivity contribution in [2.75, 3.05) is 12.8 Å². The van der Waals surface area contributed by atoms with Crippen LogP contribution >= 0.6 is 11.8 Å². The largest absolute Gasteiger partial charge is 0.298 e. The summed E-state index contributed by atoms with van der Waals surface area (Å²) in [7, 11) is 2.15. The van der Waals surface area contributed by atoms with Gasteiger partial charge in [-0.3, -0.25) is 14.1 Å². The molecule has 0 bridgehead atoms. The van der Waals surface area contributed by atoms with E-state index in [1.54, 1.807) is 16.7 Å². The Morgan fingerprint density at radius 1 is 1.41 bits per heavy atom. The molecule has 0 N–H and O–H groups in total. The molecule has 2 aromatic rings. The lowest BCUT2D eigenvalue weighted by atomic mass is 10.2. The highest BCUT2D eigenvalue weighted by Gasteiger charge is 2.27. The Hall–Kier alpha value is -1.33. The van der Waals surface area contributed by atoms with E-state index in [9.17, 15) is 4.79 Å². The van der Waals surface area contributed by atoms with E-state index in [0.29, 0.717) is 6.04 Å². The van der Waals surface area contributed by atoms with Crippen LogP contribution in [0.15, 0.2) is 35.3 Å². The van der Waals surface area contributed by atoms with Crippen LogP contribution in [0.1, 0.15) is 31.9 Å². The first-order valence-electron chi connectivity index (χ1n) is 7.96. The number of thioether (sulfide) groups is 1. The first-order valence-corrected chi connectivity index (χ1v) is 9.01. The van der Waals surface area contributed by atoms with E-state index < -0.39 is 0 Å². The lowest BCUT2D eigenvalue weighted by molar-refractivity contribution is 0.235. The highest BCUT2D eigenvalue weighted by Crippen LogP contribution is 2.32. The van der Waals surface area contributed by atoms with Gasteiger partial charge in [0.2, 0.25) is 0 Å². The molecular weight excluding hydrogens is 294 g/mol. The number of nitrogens with zero attached hydrogens (tertiary/aromatic N) is 3. The van der Waals surface area contributed by atoms with Gasteiger partial charge in [0.1, 0.15) is 5.65 Å². The molecule has 3 rings (SSSR count). The van der Waals surface area contributed by atoms with Gasteiger partial charge in [-0.2, -0.15) is 11.8 Å². The molecule has 1 aliphatic carbocycles. The van der Waals surface area contributed by atoms with Gasteiger partial charge >= 0.3 is 0 Å². The molecule has 0 saturated heterocycles. The summed E-state index contributed by atoms with van der Waals surface area (Å²) in [5, 5.41) is 0.799. The van der Waals surface area contributed by atoms with Crippen molar-refractivity contribution in [3.05, 3.63) is 46.5 Å². The summed E-state index contributed by atoms with van der Waals surface area (Å²) < 4.78 is 1.59. The van der Waals surface area contributed by atoms with Gasteiger partial charge in [-0.1, -0.05) is 13.0 Å². The molecule has 5 heteroatoms. The summed E-state index contributed by atoms with van der Waals surface area (Å²) in [5.41, 5.74) is 1.59. The average molecular weight is 317 g/mol. The number of hydrogen-bond donors (Lipinski definition) is 0. The SMILES string of the molecule is CCS[C@@H]1CC[C@@H](N(C)Cc2cc(=O)n3ccccc3n2)C1. The van der Waals surface area contributed by atoms with Crippen molar-refractivity contribution in [1.82, 2.24) is 14.3 Å². The third-order valence-electron chi connectivity index (χ3n) is 4.42. The second-order valence-corrected chi connectivity index (χ2v) is 7.55. The highest BCUT2D eigenvalue weighted by molar-refractivity contribution is 7.99. The normalized spacial score (nSPS) is 21.8. The first-order chi connectivity index (χ1) is 10.7. The molecule has 22 heavy (non-hydrogen) atoms. The minimum atomic E-state index is -0.000151. The maximum Gasteiger partial charge on any atom is 0.258 e. The first kappa shape index (κ1) is 15.6. The number of rotatable bonds is 5. The second-order valence-electron chi connectivity index (χ2n) is 5.97. The molecule has 118 valence electrons. The van der Waals surface area contributed by atoms with Crippen LogP contribution in [0, 0.1) is 0 Å². The molecule has 2 heterocycles. The minimum absolute atomic E-state index is 0.000151. The van der Waals surface area contributed by atoms with Crippen LogP contribution in [-0.4, -0.2) is 38.4 Å². The number of fused-ring (bicyclic) bond motifs is 1. The van der Waals surface area contributed by atoms with E-state index in [2.05, 4.69) is 35.6 Å². The van der Waals surface area contributed by atoms with Crippen molar-refractivity contribution in [2.24, 2.45) is 0 Å². The van der Waals surface area contributed by atoms with Crippen LogP contribution in [0.2, 0.25) is 0 Å². The molecule has 4 nitrogen and oxygen atoms in total. The third kappa shape index (κ3) is 3.36. The van der Waals surface area contributed by atoms with Crippen LogP contribution in [0.25, 0.3) is 5.65 Å². The Bertz CT molecular complexity index is 700. The van der Waals surface area contributed by atoms with Crippen molar-refractivity contribution in [2.45, 2.75) is 44.0 Å². The predicted octanol–water partition coefficient (Wildman–Crippen LogP) is 2.80. The molecule has 0 amide bonds. The van der Waals surface area contributed by atoms with Crippen molar-refractivity contribution in [1.29, 1.82) is 0 Å². The van der Waals surface area contributed by atoms with Crippen molar-refractivity contribution in [3.63, 3.8) is 0 Å². The lowest BCUT2D eigenvalue weighted by Crippen LogP contribution is -2.30. The zero-order valence-corrected chi connectivity index (χ0v) is 14.1. The third-order valence-corrected chi connectivity index (χ3v) is 5.65. The van der Waals surface area contributed by atoms with Gasteiger partial charge in [-0.25, -0.2) is 4.98 Å². The van der Waals surface area contributed by atoms with Crippen molar-refractivity contribution in [3.8, 4) is 0 Å². The number of hydrogen-bond acceptors (Lipinski definition) is 4. The maximum atomic E-state index is 12.1. The van der Waals surface area contributed by atoms with Crippen LogP contribution in [0.4, 0.5) is 0 Å². The Kier molecular flexibility index (Phi) is 4.84. The van der Waals surface area contributed by atoms with Crippen LogP contribution in [0.3, 0.4) is 0 Å². The molecule has 1 saturated carbocycles. The van der Waals surface area contributed by atoms with Gasteiger partial charge in [0.05, 0.1) is 5.69 Å². The van der Waals surface area contributed by atoms with Gasteiger partial charge in [0.15, 0.2) is 0 Å². The monoisotopic (exact) mass is 317 g/mol. The van der Waals surface area contributed by atoms with Crippen LogP contribution < -0.4 is 5.56 Å². The Morgan fingerprint density at radius 3 is 3.09 bits per heavy atom. The Balaban J connectivity index is 1.72. The predicted molar refractivity (Wildman–Crippen MR) is 92.5 cm³/mol. The Labute approximate surface area is 135 Å². The van der Waals surface area contributed by atoms with Gasteiger partial charge in [0.25, 0.3) is 5.56 Å². The zero-order valence-electron chi connectivity index (χ0n) is 13.2. The summed E-state index contributed by atoms with van der Waals surface area (Å²) >= 11 is 2.08. The summed E-state index contributed by atoms with van der Waals surface area (Å²) in [6.07, 6.45) is 5.57. The van der Waals surface area contributed by atoms with E-state index in [-0.39, 0.29) is 5.56 Å². The van der Waals surface area contributed by atoms with Crippen LogP contribution in [0.5, 0.6) is 0 Å². The fourth-order valence-electron chi connectivity index (χ4n) is 3.27. The van der Waals surface area contributed by atoms with E-state index >= 15 is 0 Å². The van der Waals surface area contributed by atoms with Crippen molar-refractivity contribution >= 4 is 17.4 Å². The van der Waals surface area contributed by atoms with Gasteiger partial charge in [0, 0.05) is 30.1 Å². The van der Waals surface area contributed by atoms with E-state index in [4.69, 9.17) is 0 Å². The maximum absolute atomic E-state index is 12.1. The standard InChI is InChI=1S/C17H23N3OS/c1-3-22-15-8-7-14(11-15)19(2)12-13-10-17(21)20-9-5-4-6-16(20)18-13/h4-6,9-10,14-15H,3,7-8,11-12H2,1-2H3/t14-,15-/m1/s1. The molecule has 2 aromatic heterocycles. The average Bonchev–Trinajstić information content (AvgIpc) is 2.96. The number of aromatic nitrogens is 2. The Morgan fingerprint density at radius 2 is 2.27 bits per heavy atom. The molecule has 0 radical (unpaired) electrons. The minimum Gasteiger partial charge on any atom is -0.298 e. The molecule has 1 fully saturated rings. The van der Waals surface area contributed by atoms with Gasteiger partial charge in [-0.15, -0.1) is 0 Å². The molecule has 0 spiro atoms. The zero-order chi connectivity index (χ0) is 15.5. The molecular formula is C17H23N3OS.